The normalized spacial score (nSPS) is 13.4. The molecule has 6 rings (SSSR count). The summed E-state index contributed by atoms with van der Waals surface area (Å²) in [7, 11) is 0. The zero-order chi connectivity index (χ0) is 29.2. The third-order valence-corrected chi connectivity index (χ3v) is 7.46. The van der Waals surface area contributed by atoms with Crippen molar-refractivity contribution in [2.24, 2.45) is 0 Å². The van der Waals surface area contributed by atoms with Crippen LogP contribution in [0, 0.1) is 18.6 Å². The van der Waals surface area contributed by atoms with Crippen LogP contribution in [0.3, 0.4) is 0 Å². The highest BCUT2D eigenvalue weighted by Crippen LogP contribution is 2.23. The summed E-state index contributed by atoms with van der Waals surface area (Å²) in [5.74, 6) is -1.27. The van der Waals surface area contributed by atoms with Crippen molar-refractivity contribution in [3.63, 3.8) is 0 Å². The molecule has 3 heterocycles. The number of aromatic nitrogens is 3. The van der Waals surface area contributed by atoms with Crippen molar-refractivity contribution in [3.05, 3.63) is 124 Å². The van der Waals surface area contributed by atoms with Gasteiger partial charge in [0, 0.05) is 67.1 Å². The Bertz CT molecular complexity index is 1820. The molecule has 1 N–H and O–H groups in total. The summed E-state index contributed by atoms with van der Waals surface area (Å²) in [5.41, 5.74) is 3.22. The van der Waals surface area contributed by atoms with E-state index in [0.717, 1.165) is 49.4 Å². The molecule has 1 fully saturated rings. The molecule has 1 saturated heterocycles. The fraction of sp³-hybridized carbons (Fsp3) is 0.188. The van der Waals surface area contributed by atoms with Gasteiger partial charge < -0.3 is 15.1 Å². The molecule has 0 radical (unpaired) electrons. The van der Waals surface area contributed by atoms with Gasteiger partial charge in [-0.15, -0.1) is 0 Å². The summed E-state index contributed by atoms with van der Waals surface area (Å²) >= 11 is 0. The second-order valence-electron chi connectivity index (χ2n) is 10.1. The first kappa shape index (κ1) is 27.1. The predicted octanol–water partition coefficient (Wildman–Crippen LogP) is 4.62. The van der Waals surface area contributed by atoms with Gasteiger partial charge in [-0.3, -0.25) is 14.2 Å². The Morgan fingerprint density at radius 1 is 0.833 bits per heavy atom. The highest BCUT2D eigenvalue weighted by molar-refractivity contribution is 5.94. The first-order chi connectivity index (χ1) is 20.4. The van der Waals surface area contributed by atoms with Crippen LogP contribution in [0.25, 0.3) is 16.7 Å². The Hall–Kier alpha value is -5.12. The monoisotopic (exact) mass is 566 g/mol. The number of amides is 1. The van der Waals surface area contributed by atoms with Crippen LogP contribution in [0.4, 0.5) is 20.4 Å². The van der Waals surface area contributed by atoms with E-state index >= 15 is 0 Å². The summed E-state index contributed by atoms with van der Waals surface area (Å²) in [6.07, 6.45) is 0. The first-order valence-corrected chi connectivity index (χ1v) is 13.7. The van der Waals surface area contributed by atoms with E-state index in [1.807, 2.05) is 25.1 Å². The lowest BCUT2D eigenvalue weighted by Gasteiger charge is -2.36. The van der Waals surface area contributed by atoms with Gasteiger partial charge in [0.05, 0.1) is 11.4 Å². The van der Waals surface area contributed by atoms with Gasteiger partial charge in [0.2, 0.25) is 5.95 Å². The maximum atomic E-state index is 13.9. The fourth-order valence-corrected chi connectivity index (χ4v) is 5.15. The molecule has 3 aromatic carbocycles. The molecule has 1 aliphatic heterocycles. The Kier molecular flexibility index (Phi) is 7.35. The molecule has 10 heteroatoms. The number of rotatable bonds is 6. The van der Waals surface area contributed by atoms with Crippen molar-refractivity contribution in [1.29, 1.82) is 0 Å². The van der Waals surface area contributed by atoms with E-state index in [9.17, 15) is 18.4 Å². The number of carbonyl (C=O) groups is 1. The largest absolute Gasteiger partial charge is 0.368 e. The molecule has 1 aliphatic rings. The van der Waals surface area contributed by atoms with E-state index in [0.29, 0.717) is 22.8 Å². The van der Waals surface area contributed by atoms with Crippen LogP contribution in [0.2, 0.25) is 0 Å². The average molecular weight is 567 g/mol. The highest BCUT2D eigenvalue weighted by Gasteiger charge is 2.21. The van der Waals surface area contributed by atoms with Crippen molar-refractivity contribution >= 4 is 28.6 Å². The number of hydrogen-bond donors (Lipinski definition) is 1. The summed E-state index contributed by atoms with van der Waals surface area (Å²) in [6.45, 7) is 4.94. The number of pyridine rings is 1. The number of fused-ring (bicyclic) bond motifs is 1. The summed E-state index contributed by atoms with van der Waals surface area (Å²) < 4.78 is 28.6. The van der Waals surface area contributed by atoms with Crippen LogP contribution < -0.4 is 20.7 Å². The number of benzene rings is 3. The fourth-order valence-electron chi connectivity index (χ4n) is 5.15. The maximum absolute atomic E-state index is 13.9. The van der Waals surface area contributed by atoms with Crippen LogP contribution >= 0.6 is 0 Å². The third-order valence-electron chi connectivity index (χ3n) is 7.46. The molecule has 212 valence electrons. The third kappa shape index (κ3) is 5.43. The van der Waals surface area contributed by atoms with Crippen molar-refractivity contribution < 1.29 is 13.6 Å². The van der Waals surface area contributed by atoms with Gasteiger partial charge >= 0.3 is 0 Å². The quantitative estimate of drug-likeness (QED) is 0.323. The molecule has 0 spiro atoms. The summed E-state index contributed by atoms with van der Waals surface area (Å²) in [4.78, 5) is 39.9. The van der Waals surface area contributed by atoms with Gasteiger partial charge in [-0.05, 0) is 55.5 Å². The zero-order valence-corrected chi connectivity index (χ0v) is 22.9. The number of piperazine rings is 1. The van der Waals surface area contributed by atoms with Crippen LogP contribution in [0.15, 0.2) is 89.7 Å². The second-order valence-corrected chi connectivity index (χ2v) is 10.1. The minimum Gasteiger partial charge on any atom is -0.368 e. The zero-order valence-electron chi connectivity index (χ0n) is 22.9. The predicted molar refractivity (Wildman–Crippen MR) is 158 cm³/mol. The number of nitrogens with one attached hydrogen (secondary N) is 1. The van der Waals surface area contributed by atoms with E-state index in [-0.39, 0.29) is 17.7 Å². The number of halogens is 2. The maximum Gasteiger partial charge on any atom is 0.256 e. The van der Waals surface area contributed by atoms with Crippen LogP contribution in [-0.4, -0.2) is 46.6 Å². The number of nitrogens with zero attached hydrogens (tertiary/aromatic N) is 5. The highest BCUT2D eigenvalue weighted by atomic mass is 19.1. The first-order valence-electron chi connectivity index (χ1n) is 13.7. The molecule has 0 unspecified atom stereocenters. The van der Waals surface area contributed by atoms with Gasteiger partial charge in [0.15, 0.2) is 5.65 Å². The number of hydrogen-bond acceptors (Lipinski definition) is 6. The van der Waals surface area contributed by atoms with Gasteiger partial charge in [-0.2, -0.15) is 4.98 Å². The van der Waals surface area contributed by atoms with E-state index in [4.69, 9.17) is 9.97 Å². The number of aryl methyl sites for hydroxylation is 1. The molecule has 2 aromatic heterocycles. The topological polar surface area (TPSA) is 83.4 Å². The van der Waals surface area contributed by atoms with Crippen molar-refractivity contribution in [2.45, 2.75) is 13.5 Å². The molecule has 0 bridgehead atoms. The minimum atomic E-state index is -0.726. The lowest BCUT2D eigenvalue weighted by molar-refractivity contribution is 0.0950. The van der Waals surface area contributed by atoms with E-state index in [2.05, 4.69) is 27.2 Å². The molecule has 0 aliphatic carbocycles. The smallest absolute Gasteiger partial charge is 0.256 e. The van der Waals surface area contributed by atoms with Crippen LogP contribution in [0.1, 0.15) is 21.6 Å². The number of anilines is 2. The number of para-hydroxylation sites is 1. The van der Waals surface area contributed by atoms with E-state index in [1.165, 1.54) is 22.4 Å². The van der Waals surface area contributed by atoms with Crippen molar-refractivity contribution in [2.75, 3.05) is 36.0 Å². The summed E-state index contributed by atoms with van der Waals surface area (Å²) in [6, 6.07) is 23.2. The Morgan fingerprint density at radius 2 is 1.55 bits per heavy atom. The van der Waals surface area contributed by atoms with Crippen molar-refractivity contribution in [1.82, 2.24) is 19.9 Å². The Morgan fingerprint density at radius 3 is 2.26 bits per heavy atom. The van der Waals surface area contributed by atoms with Crippen molar-refractivity contribution in [3.8, 4) is 5.69 Å². The van der Waals surface area contributed by atoms with Gasteiger partial charge in [0.1, 0.15) is 11.6 Å². The summed E-state index contributed by atoms with van der Waals surface area (Å²) in [5, 5.41) is 3.40. The number of carbonyl (C=O) groups excluding carboxylic acids is 1. The minimum absolute atomic E-state index is 0.0892. The van der Waals surface area contributed by atoms with Crippen LogP contribution in [-0.2, 0) is 6.54 Å². The molecule has 5 aromatic rings. The van der Waals surface area contributed by atoms with Gasteiger partial charge in [-0.1, -0.05) is 24.3 Å². The van der Waals surface area contributed by atoms with E-state index in [1.54, 1.807) is 30.3 Å². The lowest BCUT2D eigenvalue weighted by atomic mass is 10.1. The molecule has 0 saturated carbocycles. The molecular formula is C32H28F2N6O2. The molecule has 42 heavy (non-hydrogen) atoms. The van der Waals surface area contributed by atoms with Crippen LogP contribution in [0.5, 0.6) is 0 Å². The van der Waals surface area contributed by atoms with E-state index < -0.39 is 17.5 Å². The average Bonchev–Trinajstić information content (AvgIpc) is 3.01. The SMILES string of the molecule is Cc1nc(N2CCN(c3ccccc3)CC2)nc2c1ccc(=O)n2-c1ccc(C(=O)NCc2ccc(F)cc2F)cc1. The molecule has 8 nitrogen and oxygen atoms in total. The molecular weight excluding hydrogens is 538 g/mol. The standard InChI is InChI=1S/C32H28F2N6O2/c1-21-27-13-14-29(41)40(26-11-8-22(9-12-26)31(42)35-20-23-7-10-24(33)19-28(23)34)30(27)37-32(36-21)39-17-15-38(16-18-39)25-5-3-2-4-6-25/h2-14,19H,15-18,20H2,1H3,(H,35,42). The Labute approximate surface area is 240 Å². The van der Waals surface area contributed by atoms with Gasteiger partial charge in [-0.25, -0.2) is 13.8 Å². The lowest BCUT2D eigenvalue weighted by Crippen LogP contribution is -2.47. The van der Waals surface area contributed by atoms with Gasteiger partial charge in [0.25, 0.3) is 11.5 Å². The molecule has 1 amide bonds. The second kappa shape index (κ2) is 11.4. The molecule has 0 atom stereocenters. The Balaban J connectivity index is 1.24.